The highest BCUT2D eigenvalue weighted by Crippen LogP contribution is 2.42. The molecule has 3 heterocycles. The number of nitrogen functional groups attached to an aromatic ring is 1. The molecule has 4 rings (SSSR count). The van der Waals surface area contributed by atoms with Crippen LogP contribution in [0.2, 0.25) is 0 Å². The maximum absolute atomic E-state index is 12.8. The van der Waals surface area contributed by atoms with Crippen molar-refractivity contribution in [1.29, 1.82) is 0 Å². The average Bonchev–Trinajstić information content (AvgIpc) is 3.15. The summed E-state index contributed by atoms with van der Waals surface area (Å²) in [5.41, 5.74) is 10.0. The molecule has 5 N–H and O–H groups in total. The number of amides is 1. The van der Waals surface area contributed by atoms with Crippen molar-refractivity contribution in [2.24, 2.45) is 0 Å². The summed E-state index contributed by atoms with van der Waals surface area (Å²) in [5, 5.41) is 15.4. The zero-order valence-corrected chi connectivity index (χ0v) is 15.0. The van der Waals surface area contributed by atoms with Gasteiger partial charge in [-0.05, 0) is 29.7 Å². The second-order valence-electron chi connectivity index (χ2n) is 6.92. The van der Waals surface area contributed by atoms with Crippen LogP contribution in [-0.4, -0.2) is 31.6 Å². The molecule has 1 aliphatic carbocycles. The molecule has 1 unspecified atom stereocenters. The van der Waals surface area contributed by atoms with Gasteiger partial charge in [0.2, 0.25) is 5.95 Å². The Hall–Kier alpha value is -2.55. The predicted octanol–water partition coefficient (Wildman–Crippen LogP) is 1.49. The number of H-pyrrole nitrogens is 1. The Kier molecular flexibility index (Phi) is 3.50. The number of anilines is 1. The van der Waals surface area contributed by atoms with E-state index in [1.165, 1.54) is 11.8 Å². The lowest BCUT2D eigenvalue weighted by molar-refractivity contribution is 0.0940. The number of hydrogen-bond acceptors (Lipinski definition) is 7. The van der Waals surface area contributed by atoms with E-state index in [1.54, 1.807) is 6.20 Å². The van der Waals surface area contributed by atoms with Gasteiger partial charge in [-0.1, -0.05) is 25.6 Å². The van der Waals surface area contributed by atoms with Crippen LogP contribution in [0, 0.1) is 0 Å². The van der Waals surface area contributed by atoms with Crippen LogP contribution in [0.5, 0.6) is 0 Å². The van der Waals surface area contributed by atoms with E-state index < -0.39 is 0 Å². The van der Waals surface area contributed by atoms with Crippen molar-refractivity contribution in [2.75, 3.05) is 5.73 Å². The van der Waals surface area contributed by atoms with Crippen molar-refractivity contribution in [3.8, 4) is 11.4 Å². The second-order valence-corrected chi connectivity index (χ2v) is 7.90. The number of allylic oxidation sites excluding steroid dienone is 1. The Balaban J connectivity index is 1.72. The van der Waals surface area contributed by atoms with Crippen molar-refractivity contribution < 1.29 is 4.79 Å². The third kappa shape index (κ3) is 2.64. The highest BCUT2D eigenvalue weighted by Gasteiger charge is 2.38. The van der Waals surface area contributed by atoms with Crippen molar-refractivity contribution >= 4 is 23.6 Å². The number of aromatic nitrogens is 4. The minimum absolute atomic E-state index is 0.184. The van der Waals surface area contributed by atoms with Crippen LogP contribution in [-0.2, 0) is 11.8 Å². The molecule has 2 aliphatic rings. The number of carbonyl (C=O) groups is 1. The Bertz CT molecular complexity index is 902. The summed E-state index contributed by atoms with van der Waals surface area (Å²) in [6.07, 6.45) is 2.46. The minimum Gasteiger partial charge on any atom is -0.368 e. The van der Waals surface area contributed by atoms with Crippen LogP contribution in [0.3, 0.4) is 0 Å². The third-order valence-corrected chi connectivity index (χ3v) is 5.41. The number of thioether (sulfide) groups is 1. The van der Waals surface area contributed by atoms with E-state index in [1.807, 2.05) is 12.3 Å². The van der Waals surface area contributed by atoms with Gasteiger partial charge < -0.3 is 16.4 Å². The fraction of sp³-hybridized carbons (Fsp3) is 0.375. The number of nitrogens with two attached hydrogens (primary N) is 1. The predicted molar refractivity (Wildman–Crippen MR) is 96.5 cm³/mol. The van der Waals surface area contributed by atoms with Crippen LogP contribution in [0.4, 0.5) is 5.95 Å². The van der Waals surface area contributed by atoms with E-state index in [9.17, 15) is 4.79 Å². The standard InChI is InChI=1S/C16H19N7OS/c1-7-6-25-15(19-7)21-13(24)12-9-11(22-23-12)10-8(4-16(9,2)3)5-18-14(17)20-10/h5-6,15,19H,4H2,1-3H3,(H,21,24)(H,22,23)(H2,17,18,20). The van der Waals surface area contributed by atoms with Gasteiger partial charge in [-0.25, -0.2) is 9.97 Å². The maximum atomic E-state index is 12.8. The molecule has 1 atom stereocenters. The first kappa shape index (κ1) is 15.9. The monoisotopic (exact) mass is 357 g/mol. The molecule has 0 spiro atoms. The van der Waals surface area contributed by atoms with E-state index in [4.69, 9.17) is 5.73 Å². The smallest absolute Gasteiger partial charge is 0.274 e. The Morgan fingerprint density at radius 1 is 1.48 bits per heavy atom. The van der Waals surface area contributed by atoms with Gasteiger partial charge >= 0.3 is 0 Å². The molecule has 0 radical (unpaired) electrons. The van der Waals surface area contributed by atoms with Gasteiger partial charge in [0.05, 0.1) is 11.4 Å². The molecule has 9 heteroatoms. The van der Waals surface area contributed by atoms with Crippen LogP contribution < -0.4 is 16.4 Å². The van der Waals surface area contributed by atoms with Gasteiger partial charge in [0.25, 0.3) is 5.91 Å². The highest BCUT2D eigenvalue weighted by atomic mass is 32.2. The van der Waals surface area contributed by atoms with E-state index in [0.29, 0.717) is 12.1 Å². The zero-order valence-electron chi connectivity index (χ0n) is 14.2. The fourth-order valence-corrected chi connectivity index (χ4v) is 4.21. The highest BCUT2D eigenvalue weighted by molar-refractivity contribution is 8.02. The molecule has 25 heavy (non-hydrogen) atoms. The summed E-state index contributed by atoms with van der Waals surface area (Å²) in [4.78, 5) is 21.2. The molecule has 0 saturated carbocycles. The first-order valence-corrected chi connectivity index (χ1v) is 8.90. The second kappa shape index (κ2) is 5.48. The SMILES string of the molecule is CC1=CSC(NC(=O)c2n[nH]c3c2C(C)(C)Cc2cnc(N)nc2-3)N1. The molecule has 0 saturated heterocycles. The van der Waals surface area contributed by atoms with Gasteiger partial charge in [-0.2, -0.15) is 5.10 Å². The lowest BCUT2D eigenvalue weighted by Crippen LogP contribution is -2.41. The van der Waals surface area contributed by atoms with Crippen molar-refractivity contribution in [2.45, 2.75) is 38.1 Å². The largest absolute Gasteiger partial charge is 0.368 e. The van der Waals surface area contributed by atoms with E-state index >= 15 is 0 Å². The minimum atomic E-state index is -0.272. The molecule has 0 fully saturated rings. The maximum Gasteiger partial charge on any atom is 0.274 e. The molecule has 8 nitrogen and oxygen atoms in total. The van der Waals surface area contributed by atoms with Gasteiger partial charge in [-0.15, -0.1) is 0 Å². The average molecular weight is 357 g/mol. The summed E-state index contributed by atoms with van der Waals surface area (Å²) >= 11 is 1.52. The Morgan fingerprint density at radius 2 is 2.28 bits per heavy atom. The van der Waals surface area contributed by atoms with Crippen LogP contribution in [0.15, 0.2) is 17.3 Å². The number of carbonyl (C=O) groups excluding carboxylic acids is 1. The van der Waals surface area contributed by atoms with E-state index in [0.717, 1.165) is 28.2 Å². The number of aromatic amines is 1. The van der Waals surface area contributed by atoms with Crippen molar-refractivity contribution in [1.82, 2.24) is 30.8 Å². The Morgan fingerprint density at radius 3 is 3.00 bits per heavy atom. The summed E-state index contributed by atoms with van der Waals surface area (Å²) in [6.45, 7) is 6.14. The first-order valence-electron chi connectivity index (χ1n) is 7.95. The molecule has 1 amide bonds. The lowest BCUT2D eigenvalue weighted by Gasteiger charge is -2.31. The van der Waals surface area contributed by atoms with Crippen LogP contribution >= 0.6 is 11.8 Å². The lowest BCUT2D eigenvalue weighted by atomic mass is 9.73. The molecule has 2 aromatic rings. The quantitative estimate of drug-likeness (QED) is 0.642. The van der Waals surface area contributed by atoms with Crippen LogP contribution in [0.25, 0.3) is 11.4 Å². The van der Waals surface area contributed by atoms with Gasteiger partial charge in [0.1, 0.15) is 0 Å². The molecule has 0 aromatic carbocycles. The zero-order chi connectivity index (χ0) is 17.8. The van der Waals surface area contributed by atoms with Crippen molar-refractivity contribution in [3.05, 3.63) is 34.1 Å². The Labute approximate surface area is 149 Å². The molecule has 2 aromatic heterocycles. The number of nitrogens with zero attached hydrogens (tertiary/aromatic N) is 3. The number of fused-ring (bicyclic) bond motifs is 3. The summed E-state index contributed by atoms with van der Waals surface area (Å²) < 4.78 is 0. The molecule has 1 aliphatic heterocycles. The van der Waals surface area contributed by atoms with E-state index in [2.05, 4.69) is 44.6 Å². The summed E-state index contributed by atoms with van der Waals surface area (Å²) in [5.74, 6) is -0.0118. The topological polar surface area (TPSA) is 122 Å². The number of nitrogens with one attached hydrogen (secondary N) is 3. The summed E-state index contributed by atoms with van der Waals surface area (Å²) in [6, 6.07) is 0. The summed E-state index contributed by atoms with van der Waals surface area (Å²) in [7, 11) is 0. The van der Waals surface area contributed by atoms with Gasteiger partial charge in [0.15, 0.2) is 11.2 Å². The number of rotatable bonds is 2. The van der Waals surface area contributed by atoms with E-state index in [-0.39, 0.29) is 22.8 Å². The number of hydrogen-bond donors (Lipinski definition) is 4. The third-order valence-electron chi connectivity index (χ3n) is 4.41. The first-order chi connectivity index (χ1) is 11.8. The molecule has 130 valence electrons. The van der Waals surface area contributed by atoms with Gasteiger partial charge in [-0.3, -0.25) is 9.89 Å². The normalized spacial score (nSPS) is 20.3. The van der Waals surface area contributed by atoms with Crippen molar-refractivity contribution in [3.63, 3.8) is 0 Å². The fourth-order valence-electron chi connectivity index (χ4n) is 3.37. The molecule has 0 bridgehead atoms. The molecular weight excluding hydrogens is 338 g/mol. The molecular formula is C16H19N7OS. The van der Waals surface area contributed by atoms with Crippen LogP contribution in [0.1, 0.15) is 42.4 Å². The van der Waals surface area contributed by atoms with Gasteiger partial charge in [0, 0.05) is 17.5 Å².